The monoisotopic (exact) mass is 560 g/mol. The molecule has 2 aromatic heterocycles. The summed E-state index contributed by atoms with van der Waals surface area (Å²) in [5.74, 6) is 2.32. The average Bonchev–Trinajstić information content (AvgIpc) is 3.75. The predicted octanol–water partition coefficient (Wildman–Crippen LogP) is 8.80. The van der Waals surface area contributed by atoms with E-state index in [4.69, 9.17) is 14.5 Å². The van der Waals surface area contributed by atoms with E-state index in [2.05, 4.69) is 122 Å². The molecule has 2 heterocycles. The maximum Gasteiger partial charge on any atom is 0.227 e. The molecular weight excluding hydrogens is 528 g/mol. The van der Waals surface area contributed by atoms with Gasteiger partial charge < -0.3 is 4.42 Å². The zero-order valence-electron chi connectivity index (χ0n) is 24.8. The van der Waals surface area contributed by atoms with Gasteiger partial charge in [-0.05, 0) is 64.2 Å². The number of nitrogens with zero attached hydrogens (tertiary/aromatic N) is 4. The third kappa shape index (κ3) is 4.03. The molecular formula is C38H32N4O. The smallest absolute Gasteiger partial charge is 0.227 e. The van der Waals surface area contributed by atoms with Crippen molar-refractivity contribution in [2.24, 2.45) is 0 Å². The molecule has 0 atom stereocenters. The molecule has 2 aliphatic rings. The van der Waals surface area contributed by atoms with E-state index in [-0.39, 0.29) is 10.8 Å². The van der Waals surface area contributed by atoms with Crippen LogP contribution in [0.3, 0.4) is 0 Å². The molecule has 6 aromatic rings. The summed E-state index contributed by atoms with van der Waals surface area (Å²) < 4.78 is 8.09. The van der Waals surface area contributed by atoms with Crippen molar-refractivity contribution in [1.82, 2.24) is 19.7 Å². The molecule has 0 aliphatic heterocycles. The number of rotatable bonds is 5. The second-order valence-electron chi connectivity index (χ2n) is 12.6. The molecule has 5 nitrogen and oxygen atoms in total. The summed E-state index contributed by atoms with van der Waals surface area (Å²) >= 11 is 0. The van der Waals surface area contributed by atoms with Crippen molar-refractivity contribution in [2.45, 2.75) is 45.1 Å². The summed E-state index contributed by atoms with van der Waals surface area (Å²) in [6.07, 6.45) is 4.55. The first kappa shape index (κ1) is 25.7. The molecule has 2 aliphatic carbocycles. The summed E-state index contributed by atoms with van der Waals surface area (Å²) in [4.78, 5) is 9.98. The fourth-order valence-electron chi connectivity index (χ4n) is 6.72. The van der Waals surface area contributed by atoms with Gasteiger partial charge in [0.2, 0.25) is 5.89 Å². The molecule has 0 spiro atoms. The lowest BCUT2D eigenvalue weighted by Crippen LogP contribution is -2.19. The third-order valence-corrected chi connectivity index (χ3v) is 9.20. The van der Waals surface area contributed by atoms with Crippen LogP contribution in [-0.2, 0) is 17.4 Å². The first-order valence-corrected chi connectivity index (χ1v) is 14.8. The highest BCUT2D eigenvalue weighted by Crippen LogP contribution is 2.48. The zero-order valence-corrected chi connectivity index (χ0v) is 24.8. The highest BCUT2D eigenvalue weighted by atomic mass is 16.3. The number of hydrogen-bond acceptors (Lipinski definition) is 4. The third-order valence-electron chi connectivity index (χ3n) is 9.20. The van der Waals surface area contributed by atoms with E-state index >= 15 is 0 Å². The van der Waals surface area contributed by atoms with Gasteiger partial charge in [-0.1, -0.05) is 100 Å². The van der Waals surface area contributed by atoms with Crippen molar-refractivity contribution in [1.29, 1.82) is 0 Å². The number of hydrogen-bond donors (Lipinski definition) is 0. The number of oxazole rings is 1. The Morgan fingerprint density at radius 1 is 0.651 bits per heavy atom. The standard InChI is InChI=1S/C38H32N4O/c1-37(2)28-13-7-5-11-26(28)21-30(37)34-40-35(31-22-27-12-6-8-14-29(27)38(31,3)4)42(41-34)23-24-17-19-25(20-18-24)36-39-32-15-9-10-16-33(32)43-36/h5-22H,23H2,1-4H3. The van der Waals surface area contributed by atoms with Gasteiger partial charge in [-0.15, -0.1) is 0 Å². The molecule has 0 unspecified atom stereocenters. The highest BCUT2D eigenvalue weighted by Gasteiger charge is 2.39. The fraction of sp³-hybridized carbons (Fsp3) is 0.184. The van der Waals surface area contributed by atoms with Crippen molar-refractivity contribution in [2.75, 3.05) is 0 Å². The Bertz CT molecular complexity index is 2070. The Balaban J connectivity index is 1.20. The molecule has 5 heteroatoms. The SMILES string of the molecule is CC1(C)C(c2nc(C3=Cc4ccccc4C3(C)C)n(Cc3ccc(-c4nc5ccccc5o4)cc3)n2)=Cc2ccccc21. The van der Waals surface area contributed by atoms with Crippen LogP contribution < -0.4 is 0 Å². The van der Waals surface area contributed by atoms with E-state index in [1.165, 1.54) is 27.8 Å². The van der Waals surface area contributed by atoms with Crippen LogP contribution in [0.1, 0.15) is 67.2 Å². The van der Waals surface area contributed by atoms with Gasteiger partial charge in [-0.3, -0.25) is 0 Å². The minimum atomic E-state index is -0.196. The lowest BCUT2D eigenvalue weighted by atomic mass is 9.80. The number of fused-ring (bicyclic) bond motifs is 3. The molecule has 0 amide bonds. The molecule has 0 N–H and O–H groups in total. The maximum absolute atomic E-state index is 6.01. The van der Waals surface area contributed by atoms with Gasteiger partial charge in [0, 0.05) is 27.5 Å². The second-order valence-corrected chi connectivity index (χ2v) is 12.6. The number of allylic oxidation sites excluding steroid dienone is 2. The Morgan fingerprint density at radius 3 is 1.93 bits per heavy atom. The van der Waals surface area contributed by atoms with Gasteiger partial charge >= 0.3 is 0 Å². The van der Waals surface area contributed by atoms with E-state index in [1.807, 2.05) is 24.3 Å². The molecule has 0 fully saturated rings. The van der Waals surface area contributed by atoms with Crippen LogP contribution in [0.4, 0.5) is 0 Å². The van der Waals surface area contributed by atoms with E-state index in [0.29, 0.717) is 12.4 Å². The first-order chi connectivity index (χ1) is 20.8. The Hall–Kier alpha value is -5.03. The molecule has 0 saturated carbocycles. The van der Waals surface area contributed by atoms with Gasteiger partial charge in [0.25, 0.3) is 0 Å². The van der Waals surface area contributed by atoms with Crippen molar-refractivity contribution in [3.63, 3.8) is 0 Å². The molecule has 0 saturated heterocycles. The van der Waals surface area contributed by atoms with Crippen LogP contribution in [0.2, 0.25) is 0 Å². The largest absolute Gasteiger partial charge is 0.436 e. The van der Waals surface area contributed by atoms with Crippen molar-refractivity contribution in [3.8, 4) is 11.5 Å². The summed E-state index contributed by atoms with van der Waals surface area (Å²) in [6.45, 7) is 9.70. The molecule has 0 radical (unpaired) electrons. The lowest BCUT2D eigenvalue weighted by Gasteiger charge is -2.24. The van der Waals surface area contributed by atoms with E-state index < -0.39 is 0 Å². The van der Waals surface area contributed by atoms with Crippen LogP contribution in [-0.4, -0.2) is 19.7 Å². The van der Waals surface area contributed by atoms with Crippen LogP contribution in [0.5, 0.6) is 0 Å². The van der Waals surface area contributed by atoms with E-state index in [0.717, 1.165) is 39.4 Å². The molecule has 4 aromatic carbocycles. The highest BCUT2D eigenvalue weighted by molar-refractivity contribution is 5.94. The van der Waals surface area contributed by atoms with Gasteiger partial charge in [-0.2, -0.15) is 5.10 Å². The maximum atomic E-state index is 6.01. The van der Waals surface area contributed by atoms with E-state index in [9.17, 15) is 0 Å². The van der Waals surface area contributed by atoms with Crippen LogP contribution in [0.15, 0.2) is 101 Å². The van der Waals surface area contributed by atoms with Gasteiger partial charge in [0.05, 0.1) is 6.54 Å². The quantitative estimate of drug-likeness (QED) is 0.211. The van der Waals surface area contributed by atoms with Crippen LogP contribution in [0, 0.1) is 0 Å². The van der Waals surface area contributed by atoms with Crippen molar-refractivity contribution >= 4 is 34.4 Å². The Kier molecular flexibility index (Phi) is 5.51. The Labute approximate surface area is 251 Å². The van der Waals surface area contributed by atoms with Crippen LogP contribution >= 0.6 is 0 Å². The zero-order chi connectivity index (χ0) is 29.3. The molecule has 43 heavy (non-hydrogen) atoms. The van der Waals surface area contributed by atoms with Gasteiger partial charge in [0.15, 0.2) is 17.2 Å². The first-order valence-electron chi connectivity index (χ1n) is 14.8. The fourth-order valence-corrected chi connectivity index (χ4v) is 6.72. The number of aromatic nitrogens is 4. The minimum absolute atomic E-state index is 0.191. The van der Waals surface area contributed by atoms with Crippen molar-refractivity contribution in [3.05, 3.63) is 137 Å². The summed E-state index contributed by atoms with van der Waals surface area (Å²) in [7, 11) is 0. The normalized spacial score (nSPS) is 16.2. The molecule has 8 rings (SSSR count). The summed E-state index contributed by atoms with van der Waals surface area (Å²) in [6, 6.07) is 33.5. The lowest BCUT2D eigenvalue weighted by molar-refractivity contribution is 0.619. The molecule has 210 valence electrons. The predicted molar refractivity (Wildman–Crippen MR) is 173 cm³/mol. The summed E-state index contributed by atoms with van der Waals surface area (Å²) in [5.41, 5.74) is 10.8. The second kappa shape index (κ2) is 9.23. The van der Waals surface area contributed by atoms with Crippen molar-refractivity contribution < 1.29 is 4.42 Å². The van der Waals surface area contributed by atoms with Crippen LogP contribution in [0.25, 0.3) is 45.9 Å². The molecule has 0 bridgehead atoms. The van der Waals surface area contributed by atoms with E-state index in [1.54, 1.807) is 0 Å². The average molecular weight is 561 g/mol. The minimum Gasteiger partial charge on any atom is -0.436 e. The van der Waals surface area contributed by atoms with Gasteiger partial charge in [-0.25, -0.2) is 14.6 Å². The number of benzene rings is 4. The number of para-hydroxylation sites is 2. The Morgan fingerprint density at radius 2 is 1.26 bits per heavy atom. The van der Waals surface area contributed by atoms with Gasteiger partial charge in [0.1, 0.15) is 5.52 Å². The summed E-state index contributed by atoms with van der Waals surface area (Å²) in [5, 5.41) is 5.21. The topological polar surface area (TPSA) is 56.7 Å².